The predicted molar refractivity (Wildman–Crippen MR) is 123 cm³/mol. The van der Waals surface area contributed by atoms with Crippen molar-refractivity contribution < 1.29 is 0 Å². The van der Waals surface area contributed by atoms with Gasteiger partial charge >= 0.3 is 0 Å². The van der Waals surface area contributed by atoms with E-state index < -0.39 is 0 Å². The van der Waals surface area contributed by atoms with Crippen LogP contribution in [0.15, 0.2) is 42.9 Å². The van der Waals surface area contributed by atoms with E-state index in [0.717, 1.165) is 60.4 Å². The molecule has 0 aromatic carbocycles. The van der Waals surface area contributed by atoms with Gasteiger partial charge in [0.05, 0.1) is 5.69 Å². The van der Waals surface area contributed by atoms with Crippen LogP contribution in [0.4, 0.5) is 11.6 Å². The molecular weight excluding hydrogens is 372 g/mol. The number of hydrogen-bond acceptors (Lipinski definition) is 6. The minimum absolute atomic E-state index is 0.522. The quantitative estimate of drug-likeness (QED) is 0.685. The number of pyridine rings is 3. The minimum atomic E-state index is 0.522. The molecule has 2 fully saturated rings. The molecule has 0 spiro atoms. The highest BCUT2D eigenvalue weighted by atomic mass is 15.2. The van der Waals surface area contributed by atoms with Crippen LogP contribution in [0.1, 0.15) is 32.6 Å². The van der Waals surface area contributed by atoms with E-state index in [2.05, 4.69) is 56.7 Å². The van der Waals surface area contributed by atoms with Crippen LogP contribution in [-0.4, -0.2) is 47.2 Å². The summed E-state index contributed by atoms with van der Waals surface area (Å²) in [5.41, 5.74) is 2.07. The van der Waals surface area contributed by atoms with Crippen molar-refractivity contribution in [1.29, 1.82) is 0 Å². The van der Waals surface area contributed by atoms with E-state index in [-0.39, 0.29) is 0 Å². The summed E-state index contributed by atoms with van der Waals surface area (Å²) in [4.78, 5) is 16.4. The van der Waals surface area contributed by atoms with Gasteiger partial charge in [-0.05, 0) is 55.9 Å². The number of fused-ring (bicyclic) bond motifs is 1. The molecule has 30 heavy (non-hydrogen) atoms. The molecule has 2 aliphatic rings. The summed E-state index contributed by atoms with van der Waals surface area (Å²) < 4.78 is 0. The first-order valence-electron chi connectivity index (χ1n) is 11.2. The van der Waals surface area contributed by atoms with Gasteiger partial charge in [0.2, 0.25) is 0 Å². The van der Waals surface area contributed by atoms with Gasteiger partial charge < -0.3 is 15.5 Å². The van der Waals surface area contributed by atoms with E-state index in [0.29, 0.717) is 6.04 Å². The van der Waals surface area contributed by atoms with Crippen molar-refractivity contribution in [3.8, 4) is 11.3 Å². The SMILES string of the molecule is CC1CCC(Nc2cc(-c3cc4cnccc4c(N4CCNCC4)n3)ccn2)CC1. The van der Waals surface area contributed by atoms with E-state index in [4.69, 9.17) is 4.98 Å². The highest BCUT2D eigenvalue weighted by Crippen LogP contribution is 2.31. The largest absolute Gasteiger partial charge is 0.367 e. The third kappa shape index (κ3) is 4.10. The maximum Gasteiger partial charge on any atom is 0.137 e. The molecule has 0 radical (unpaired) electrons. The summed E-state index contributed by atoms with van der Waals surface area (Å²) in [5, 5.41) is 9.38. The normalized spacial score (nSPS) is 22.2. The topological polar surface area (TPSA) is 66.0 Å². The molecule has 0 amide bonds. The molecule has 3 aromatic rings. The highest BCUT2D eigenvalue weighted by molar-refractivity contribution is 5.94. The van der Waals surface area contributed by atoms with Crippen LogP contribution in [-0.2, 0) is 0 Å². The Hall–Kier alpha value is -2.73. The first-order valence-corrected chi connectivity index (χ1v) is 11.2. The first kappa shape index (κ1) is 19.2. The summed E-state index contributed by atoms with van der Waals surface area (Å²) in [5.74, 6) is 2.85. The van der Waals surface area contributed by atoms with Gasteiger partial charge in [-0.15, -0.1) is 0 Å². The molecule has 1 aliphatic heterocycles. The zero-order valence-corrected chi connectivity index (χ0v) is 17.6. The van der Waals surface area contributed by atoms with Crippen molar-refractivity contribution in [2.75, 3.05) is 36.4 Å². The monoisotopic (exact) mass is 402 g/mol. The molecule has 5 rings (SSSR count). The van der Waals surface area contributed by atoms with Gasteiger partial charge in [-0.1, -0.05) is 6.92 Å². The Bertz CT molecular complexity index is 1010. The van der Waals surface area contributed by atoms with Crippen LogP contribution < -0.4 is 15.5 Å². The van der Waals surface area contributed by atoms with Crippen LogP contribution in [0.2, 0.25) is 0 Å². The molecule has 6 heteroatoms. The van der Waals surface area contributed by atoms with Crippen molar-refractivity contribution in [3.63, 3.8) is 0 Å². The zero-order valence-electron chi connectivity index (χ0n) is 17.6. The van der Waals surface area contributed by atoms with Crippen molar-refractivity contribution >= 4 is 22.4 Å². The molecule has 0 unspecified atom stereocenters. The van der Waals surface area contributed by atoms with Crippen LogP contribution in [0.3, 0.4) is 0 Å². The Kier molecular flexibility index (Phi) is 5.49. The Morgan fingerprint density at radius 1 is 1.03 bits per heavy atom. The zero-order chi connectivity index (χ0) is 20.3. The number of aromatic nitrogens is 3. The van der Waals surface area contributed by atoms with Gasteiger partial charge in [0.25, 0.3) is 0 Å². The van der Waals surface area contributed by atoms with Crippen LogP contribution in [0.25, 0.3) is 22.0 Å². The van der Waals surface area contributed by atoms with E-state index in [9.17, 15) is 0 Å². The van der Waals surface area contributed by atoms with Gasteiger partial charge in [0.15, 0.2) is 0 Å². The summed E-state index contributed by atoms with van der Waals surface area (Å²) in [6.45, 7) is 6.27. The van der Waals surface area contributed by atoms with E-state index in [1.54, 1.807) is 0 Å². The third-order valence-electron chi connectivity index (χ3n) is 6.45. The molecule has 2 N–H and O–H groups in total. The average molecular weight is 403 g/mol. The number of piperazine rings is 1. The molecule has 156 valence electrons. The summed E-state index contributed by atoms with van der Waals surface area (Å²) in [6, 6.07) is 8.95. The Morgan fingerprint density at radius 3 is 2.70 bits per heavy atom. The van der Waals surface area contributed by atoms with Gasteiger partial charge in [-0.2, -0.15) is 0 Å². The number of anilines is 2. The van der Waals surface area contributed by atoms with Crippen molar-refractivity contribution in [2.45, 2.75) is 38.6 Å². The fourth-order valence-corrected chi connectivity index (χ4v) is 4.63. The lowest BCUT2D eigenvalue weighted by molar-refractivity contribution is 0.361. The van der Waals surface area contributed by atoms with Gasteiger partial charge in [-0.3, -0.25) is 4.98 Å². The summed E-state index contributed by atoms with van der Waals surface area (Å²) in [7, 11) is 0. The molecule has 1 aliphatic carbocycles. The van der Waals surface area contributed by atoms with Gasteiger partial charge in [0.1, 0.15) is 11.6 Å². The molecule has 4 heterocycles. The highest BCUT2D eigenvalue weighted by Gasteiger charge is 2.19. The third-order valence-corrected chi connectivity index (χ3v) is 6.45. The lowest BCUT2D eigenvalue weighted by atomic mass is 9.87. The number of hydrogen-bond donors (Lipinski definition) is 2. The molecule has 0 atom stereocenters. The molecule has 1 saturated heterocycles. The summed E-state index contributed by atoms with van der Waals surface area (Å²) >= 11 is 0. The van der Waals surface area contributed by atoms with Gasteiger partial charge in [-0.25, -0.2) is 9.97 Å². The molecule has 1 saturated carbocycles. The molecule has 3 aromatic heterocycles. The maximum atomic E-state index is 5.11. The minimum Gasteiger partial charge on any atom is -0.367 e. The summed E-state index contributed by atoms with van der Waals surface area (Å²) in [6.07, 6.45) is 10.7. The van der Waals surface area contributed by atoms with E-state index >= 15 is 0 Å². The predicted octanol–water partition coefficient (Wildman–Crippen LogP) is 4.09. The average Bonchev–Trinajstić information content (AvgIpc) is 2.81. The number of nitrogens with zero attached hydrogens (tertiary/aromatic N) is 4. The second kappa shape index (κ2) is 8.56. The smallest absolute Gasteiger partial charge is 0.137 e. The Labute approximate surface area is 178 Å². The van der Waals surface area contributed by atoms with E-state index in [1.807, 2.05) is 18.6 Å². The second-order valence-corrected chi connectivity index (χ2v) is 8.70. The lowest BCUT2D eigenvalue weighted by Crippen LogP contribution is -2.44. The van der Waals surface area contributed by atoms with Crippen molar-refractivity contribution in [3.05, 3.63) is 42.9 Å². The Morgan fingerprint density at radius 2 is 1.87 bits per heavy atom. The van der Waals surface area contributed by atoms with Crippen LogP contribution >= 0.6 is 0 Å². The second-order valence-electron chi connectivity index (χ2n) is 8.70. The van der Waals surface area contributed by atoms with Crippen LogP contribution in [0, 0.1) is 5.92 Å². The molecule has 6 nitrogen and oxygen atoms in total. The maximum absolute atomic E-state index is 5.11. The van der Waals surface area contributed by atoms with Crippen molar-refractivity contribution in [2.24, 2.45) is 5.92 Å². The standard InChI is InChI=1S/C24H30N6/c1-17-2-4-20(5-3-17)28-23-15-18(6-9-27-23)22-14-19-16-26-8-7-21(19)24(29-22)30-12-10-25-11-13-30/h6-9,14-17,20,25H,2-5,10-13H2,1H3,(H,27,28). The Balaban J connectivity index is 1.47. The molecule has 0 bridgehead atoms. The fraction of sp³-hybridized carbons (Fsp3) is 0.458. The lowest BCUT2D eigenvalue weighted by Gasteiger charge is -2.29. The fourth-order valence-electron chi connectivity index (χ4n) is 4.63. The van der Waals surface area contributed by atoms with Crippen LogP contribution in [0.5, 0.6) is 0 Å². The van der Waals surface area contributed by atoms with E-state index in [1.165, 1.54) is 31.1 Å². The van der Waals surface area contributed by atoms with Crippen molar-refractivity contribution in [1.82, 2.24) is 20.3 Å². The first-order chi connectivity index (χ1) is 14.8. The number of nitrogens with one attached hydrogen (secondary N) is 2. The molecular formula is C24H30N6. The van der Waals surface area contributed by atoms with Gasteiger partial charge in [0, 0.05) is 67.1 Å². The number of rotatable bonds is 4.